The number of aliphatic hydroxyl groups excluding tert-OH is 4. The molecule has 0 amide bonds. The molecule has 0 aliphatic carbocycles. The molecule has 1 rings (SSSR count). The van der Waals surface area contributed by atoms with Crippen LogP contribution in [0.5, 0.6) is 0 Å². The van der Waals surface area contributed by atoms with E-state index in [-0.39, 0.29) is 0 Å². The van der Waals surface area contributed by atoms with E-state index in [0.717, 1.165) is 0 Å². The van der Waals surface area contributed by atoms with Gasteiger partial charge < -0.3 is 30.9 Å². The Labute approximate surface area is 82.7 Å². The number of rotatable bonds is 2. The van der Waals surface area contributed by atoms with Crippen LogP contribution in [0.4, 0.5) is 0 Å². The molecule has 1 saturated heterocycles. The highest BCUT2D eigenvalue weighted by molar-refractivity contribution is 6.12. The van der Waals surface area contributed by atoms with Gasteiger partial charge in [-0.1, -0.05) is 0 Å². The maximum atomic E-state index is 9.41. The number of aliphatic hydroxyl groups is 4. The molecule has 7 heteroatoms. The predicted molar refractivity (Wildman–Crippen MR) is 47.5 cm³/mol. The molecule has 0 bridgehead atoms. The number of nitrogens with two attached hydrogens (primary N) is 1. The largest absolute Gasteiger partial charge is 0.394 e. The Morgan fingerprint density at radius 2 is 1.79 bits per heavy atom. The van der Waals surface area contributed by atoms with Crippen molar-refractivity contribution in [2.75, 3.05) is 6.61 Å². The average molecular weight is 203 g/mol. The Kier molecular flexibility index (Phi) is 3.88. The number of hydrogen-bond acceptors (Lipinski definition) is 6. The van der Waals surface area contributed by atoms with Gasteiger partial charge in [0.05, 0.1) is 20.6 Å². The molecule has 0 spiro atoms. The van der Waals surface area contributed by atoms with E-state index < -0.39 is 43.1 Å². The normalized spacial score (nSPS) is 46.2. The molecule has 6 N–H and O–H groups in total. The van der Waals surface area contributed by atoms with Crippen LogP contribution in [0.3, 0.4) is 0 Å². The summed E-state index contributed by atoms with van der Waals surface area (Å²) in [5.41, 5.74) is 5.30. The lowest BCUT2D eigenvalue weighted by atomic mass is 9.83. The highest BCUT2D eigenvalue weighted by Gasteiger charge is 2.44. The summed E-state index contributed by atoms with van der Waals surface area (Å²) in [5, 5.41) is 36.9. The molecule has 1 aliphatic rings. The van der Waals surface area contributed by atoms with Gasteiger partial charge in [0, 0.05) is 0 Å². The summed E-state index contributed by atoms with van der Waals surface area (Å²) >= 11 is 0. The van der Waals surface area contributed by atoms with Crippen LogP contribution in [0.25, 0.3) is 0 Å². The Bertz CT molecular complexity index is 191. The van der Waals surface area contributed by atoms with E-state index in [1.807, 2.05) is 0 Å². The molecular formula is C7H14BNO5. The van der Waals surface area contributed by atoms with Gasteiger partial charge in [-0.2, -0.15) is 0 Å². The van der Waals surface area contributed by atoms with Gasteiger partial charge >= 0.3 is 0 Å². The van der Waals surface area contributed by atoms with E-state index in [1.54, 1.807) is 0 Å². The van der Waals surface area contributed by atoms with Gasteiger partial charge in [0.2, 0.25) is 0 Å². The smallest absolute Gasteiger partial charge is 0.111 e. The third-order valence-electron chi connectivity index (χ3n) is 2.31. The highest BCUT2D eigenvalue weighted by atomic mass is 16.5. The molecule has 0 aromatic heterocycles. The van der Waals surface area contributed by atoms with E-state index in [4.69, 9.17) is 23.4 Å². The second-order valence-corrected chi connectivity index (χ2v) is 3.37. The Hall–Kier alpha value is -0.175. The molecule has 1 fully saturated rings. The second-order valence-electron chi connectivity index (χ2n) is 3.37. The van der Waals surface area contributed by atoms with Crippen LogP contribution in [-0.2, 0) is 4.74 Å². The Morgan fingerprint density at radius 1 is 1.21 bits per heavy atom. The van der Waals surface area contributed by atoms with Gasteiger partial charge in [-0.15, -0.1) is 0 Å². The van der Waals surface area contributed by atoms with E-state index in [1.165, 1.54) is 0 Å². The van der Waals surface area contributed by atoms with Crippen LogP contribution in [-0.4, -0.2) is 71.3 Å². The van der Waals surface area contributed by atoms with E-state index in [2.05, 4.69) is 0 Å². The van der Waals surface area contributed by atoms with Crippen LogP contribution in [0.2, 0.25) is 0 Å². The molecule has 0 aromatic rings. The standard InChI is InChI=1S/C7H14BNO5/c8-7(9)6-5(13)4(12)3(11)2(1-10)14-6/h2-7,10-13H,1,9H2/t2?,3-,4-,5?,6-,7?/m0/s1. The quantitative estimate of drug-likeness (QED) is 0.295. The molecule has 6 nitrogen and oxygen atoms in total. The molecule has 0 saturated carbocycles. The van der Waals surface area contributed by atoms with Gasteiger partial charge in [-0.05, 0) is 5.94 Å². The average Bonchev–Trinajstić information content (AvgIpc) is 2.14. The summed E-state index contributed by atoms with van der Waals surface area (Å²) < 4.78 is 5.03. The third-order valence-corrected chi connectivity index (χ3v) is 2.31. The maximum Gasteiger partial charge on any atom is 0.111 e. The van der Waals surface area contributed by atoms with E-state index >= 15 is 0 Å². The van der Waals surface area contributed by atoms with Crippen molar-refractivity contribution < 1.29 is 25.2 Å². The molecule has 2 radical (unpaired) electrons. The zero-order valence-electron chi connectivity index (χ0n) is 7.52. The minimum atomic E-state index is -1.42. The lowest BCUT2D eigenvalue weighted by Crippen LogP contribution is -2.63. The summed E-state index contributed by atoms with van der Waals surface area (Å²) in [5.74, 6) is -0.985. The van der Waals surface area contributed by atoms with Gasteiger partial charge in [-0.3, -0.25) is 0 Å². The molecule has 1 aliphatic heterocycles. The fourth-order valence-electron chi connectivity index (χ4n) is 1.45. The molecule has 3 unspecified atom stereocenters. The van der Waals surface area contributed by atoms with Crippen molar-refractivity contribution in [3.05, 3.63) is 0 Å². The minimum absolute atomic E-state index is 0.478. The molecule has 6 atom stereocenters. The van der Waals surface area contributed by atoms with Crippen molar-refractivity contribution in [1.82, 2.24) is 0 Å². The van der Waals surface area contributed by atoms with Crippen LogP contribution in [0, 0.1) is 0 Å². The zero-order chi connectivity index (χ0) is 10.9. The van der Waals surface area contributed by atoms with Crippen molar-refractivity contribution >= 4 is 7.85 Å². The second kappa shape index (κ2) is 4.56. The summed E-state index contributed by atoms with van der Waals surface area (Å²) in [6.45, 7) is -0.478. The van der Waals surface area contributed by atoms with E-state index in [9.17, 15) is 15.3 Å². The van der Waals surface area contributed by atoms with Crippen molar-refractivity contribution in [2.45, 2.75) is 36.5 Å². The molecule has 14 heavy (non-hydrogen) atoms. The first-order valence-electron chi connectivity index (χ1n) is 4.30. The van der Waals surface area contributed by atoms with E-state index in [0.29, 0.717) is 0 Å². The first kappa shape index (κ1) is 11.9. The van der Waals surface area contributed by atoms with Gasteiger partial charge in [0.15, 0.2) is 0 Å². The minimum Gasteiger partial charge on any atom is -0.394 e. The fraction of sp³-hybridized carbons (Fsp3) is 1.00. The molecule has 80 valence electrons. The van der Waals surface area contributed by atoms with Crippen molar-refractivity contribution in [3.8, 4) is 0 Å². The van der Waals surface area contributed by atoms with Crippen molar-refractivity contribution in [2.24, 2.45) is 5.73 Å². The number of hydrogen-bond donors (Lipinski definition) is 5. The van der Waals surface area contributed by atoms with Crippen molar-refractivity contribution in [3.63, 3.8) is 0 Å². The predicted octanol–water partition coefficient (Wildman–Crippen LogP) is -3.72. The van der Waals surface area contributed by atoms with Crippen LogP contribution in [0.1, 0.15) is 0 Å². The van der Waals surface area contributed by atoms with Crippen LogP contribution < -0.4 is 5.73 Å². The first-order chi connectivity index (χ1) is 6.49. The zero-order valence-corrected chi connectivity index (χ0v) is 7.52. The Balaban J connectivity index is 2.73. The van der Waals surface area contributed by atoms with Gasteiger partial charge in [-0.25, -0.2) is 0 Å². The maximum absolute atomic E-state index is 9.41. The lowest BCUT2D eigenvalue weighted by molar-refractivity contribution is -0.228. The summed E-state index contributed by atoms with van der Waals surface area (Å²) in [6.07, 6.45) is -6.09. The Morgan fingerprint density at radius 3 is 2.21 bits per heavy atom. The monoisotopic (exact) mass is 203 g/mol. The highest BCUT2D eigenvalue weighted by Crippen LogP contribution is 2.21. The van der Waals surface area contributed by atoms with Crippen molar-refractivity contribution in [1.29, 1.82) is 0 Å². The summed E-state index contributed by atoms with van der Waals surface area (Å²) in [4.78, 5) is 0. The van der Waals surface area contributed by atoms with Crippen LogP contribution >= 0.6 is 0 Å². The molecule has 1 heterocycles. The lowest BCUT2D eigenvalue weighted by Gasteiger charge is -2.41. The third kappa shape index (κ3) is 2.08. The number of ether oxygens (including phenoxy) is 1. The summed E-state index contributed by atoms with van der Waals surface area (Å²) in [7, 11) is 5.30. The molecular weight excluding hydrogens is 189 g/mol. The van der Waals surface area contributed by atoms with Gasteiger partial charge in [0.1, 0.15) is 24.4 Å². The van der Waals surface area contributed by atoms with Gasteiger partial charge in [0.25, 0.3) is 0 Å². The fourth-order valence-corrected chi connectivity index (χ4v) is 1.45. The first-order valence-corrected chi connectivity index (χ1v) is 4.30. The summed E-state index contributed by atoms with van der Waals surface area (Å²) in [6, 6.07) is 0. The topological polar surface area (TPSA) is 116 Å². The molecule has 0 aromatic carbocycles. The SMILES string of the molecule is [B]C(N)[C@H]1OC(CO)[C@H](O)[C@H](O)C1O. The van der Waals surface area contributed by atoms with Crippen LogP contribution in [0.15, 0.2) is 0 Å².